The van der Waals surface area contributed by atoms with E-state index in [4.69, 9.17) is 9.84 Å². The Morgan fingerprint density at radius 1 is 1.27 bits per heavy atom. The highest BCUT2D eigenvalue weighted by Gasteiger charge is 2.20. The predicted octanol–water partition coefficient (Wildman–Crippen LogP) is 2.49. The van der Waals surface area contributed by atoms with Crippen molar-refractivity contribution in [1.82, 2.24) is 9.97 Å². The summed E-state index contributed by atoms with van der Waals surface area (Å²) in [7, 11) is 0. The quantitative estimate of drug-likeness (QED) is 0.752. The number of carbonyl (C=O) groups is 1. The van der Waals surface area contributed by atoms with E-state index in [0.717, 1.165) is 18.5 Å². The van der Waals surface area contributed by atoms with E-state index in [1.54, 1.807) is 6.20 Å². The molecule has 114 valence electrons. The molecule has 2 aromatic rings. The number of ether oxygens (including phenoxy) is 1. The Kier molecular flexibility index (Phi) is 3.78. The first-order valence-corrected chi connectivity index (χ1v) is 6.91. The third-order valence-corrected chi connectivity index (χ3v) is 3.26. The van der Waals surface area contributed by atoms with Crippen LogP contribution in [0.3, 0.4) is 0 Å². The Morgan fingerprint density at radius 2 is 2.09 bits per heavy atom. The molecule has 3 N–H and O–H groups in total. The zero-order chi connectivity index (χ0) is 15.5. The molecule has 1 aliphatic carbocycles. The van der Waals surface area contributed by atoms with Gasteiger partial charge in [0.2, 0.25) is 5.88 Å². The molecular weight excluding hydrogens is 286 g/mol. The zero-order valence-corrected chi connectivity index (χ0v) is 11.7. The second-order valence-electron chi connectivity index (χ2n) is 5.19. The van der Waals surface area contributed by atoms with Crippen molar-refractivity contribution in [3.8, 4) is 17.4 Å². The summed E-state index contributed by atoms with van der Waals surface area (Å²) in [5, 5.41) is 21.6. The number of aromatic carboxylic acids is 1. The summed E-state index contributed by atoms with van der Waals surface area (Å²) < 4.78 is 5.42. The second-order valence-corrected chi connectivity index (χ2v) is 5.19. The molecule has 0 radical (unpaired) electrons. The van der Waals surface area contributed by atoms with Gasteiger partial charge in [0.1, 0.15) is 17.3 Å². The highest BCUT2D eigenvalue weighted by Crippen LogP contribution is 2.29. The van der Waals surface area contributed by atoms with Crippen LogP contribution in [0.5, 0.6) is 17.4 Å². The van der Waals surface area contributed by atoms with Gasteiger partial charge in [-0.1, -0.05) is 0 Å². The van der Waals surface area contributed by atoms with Gasteiger partial charge in [0.15, 0.2) is 0 Å². The van der Waals surface area contributed by atoms with Crippen LogP contribution in [0.4, 0.5) is 5.82 Å². The Morgan fingerprint density at radius 3 is 2.73 bits per heavy atom. The summed E-state index contributed by atoms with van der Waals surface area (Å²) in [6, 6.07) is 3.77. The van der Waals surface area contributed by atoms with Crippen LogP contribution in [-0.4, -0.2) is 32.7 Å². The average Bonchev–Trinajstić information content (AvgIpc) is 3.30. The van der Waals surface area contributed by atoms with Gasteiger partial charge in [-0.15, -0.1) is 0 Å². The molecule has 7 nitrogen and oxygen atoms in total. The molecular formula is C15H15N3O4. The molecule has 0 unspecified atom stereocenters. The first-order chi connectivity index (χ1) is 10.6. The largest absolute Gasteiger partial charge is 0.508 e. The molecule has 0 saturated heterocycles. The van der Waals surface area contributed by atoms with Gasteiger partial charge in [-0.2, -0.15) is 0 Å². The standard InChI is InChI=1S/C15H15N3O4/c19-11-3-10(15(20)21)4-12(5-11)22-14-8-17-13(7-18-14)16-6-9-1-2-9/h3-5,7-9,19H,1-2,6H2,(H,16,17)(H,20,21). The molecule has 1 fully saturated rings. The smallest absolute Gasteiger partial charge is 0.335 e. The van der Waals surface area contributed by atoms with Gasteiger partial charge in [-0.25, -0.2) is 14.8 Å². The number of nitrogens with one attached hydrogen (secondary N) is 1. The predicted molar refractivity (Wildman–Crippen MR) is 78.4 cm³/mol. The van der Waals surface area contributed by atoms with E-state index in [1.165, 1.54) is 31.2 Å². The molecule has 0 spiro atoms. The molecule has 1 saturated carbocycles. The summed E-state index contributed by atoms with van der Waals surface area (Å²) in [6.07, 6.45) is 5.51. The molecule has 1 aromatic heterocycles. The van der Waals surface area contributed by atoms with E-state index in [0.29, 0.717) is 5.82 Å². The monoisotopic (exact) mass is 301 g/mol. The minimum atomic E-state index is -1.15. The molecule has 1 aliphatic rings. The molecule has 0 bridgehead atoms. The van der Waals surface area contributed by atoms with Gasteiger partial charge >= 0.3 is 5.97 Å². The molecule has 3 rings (SSSR count). The van der Waals surface area contributed by atoms with E-state index in [9.17, 15) is 9.90 Å². The number of carboxylic acids is 1. The first kappa shape index (κ1) is 14.1. The molecule has 0 atom stereocenters. The Bertz CT molecular complexity index is 684. The molecule has 0 aliphatic heterocycles. The molecule has 1 aromatic carbocycles. The number of rotatable bonds is 6. The highest BCUT2D eigenvalue weighted by molar-refractivity contribution is 5.88. The van der Waals surface area contributed by atoms with Crippen LogP contribution in [0.15, 0.2) is 30.6 Å². The molecule has 7 heteroatoms. The number of benzene rings is 1. The minimum absolute atomic E-state index is 0.0642. The summed E-state index contributed by atoms with van der Waals surface area (Å²) in [4.78, 5) is 19.2. The fourth-order valence-electron chi connectivity index (χ4n) is 1.92. The van der Waals surface area contributed by atoms with Gasteiger partial charge in [0, 0.05) is 12.6 Å². The number of nitrogens with zero attached hydrogens (tertiary/aromatic N) is 2. The van der Waals surface area contributed by atoms with Crippen LogP contribution < -0.4 is 10.1 Å². The Labute approximate surface area is 126 Å². The van der Waals surface area contributed by atoms with Crippen LogP contribution in [0, 0.1) is 5.92 Å². The van der Waals surface area contributed by atoms with Crippen molar-refractivity contribution in [3.63, 3.8) is 0 Å². The number of carboxylic acid groups (broad SMARTS) is 1. The summed E-state index contributed by atoms with van der Waals surface area (Å²) in [5.74, 6) is 0.474. The van der Waals surface area contributed by atoms with Gasteiger partial charge in [0.05, 0.1) is 18.0 Å². The summed E-state index contributed by atoms with van der Waals surface area (Å²) in [6.45, 7) is 0.892. The highest BCUT2D eigenvalue weighted by atomic mass is 16.5. The lowest BCUT2D eigenvalue weighted by atomic mass is 10.2. The van der Waals surface area contributed by atoms with Crippen LogP contribution in [-0.2, 0) is 0 Å². The van der Waals surface area contributed by atoms with Crippen LogP contribution in [0.2, 0.25) is 0 Å². The molecule has 1 heterocycles. The van der Waals surface area contributed by atoms with Crippen molar-refractivity contribution in [2.24, 2.45) is 5.92 Å². The number of anilines is 1. The maximum absolute atomic E-state index is 10.9. The molecule has 0 amide bonds. The van der Waals surface area contributed by atoms with Gasteiger partial charge in [0.25, 0.3) is 0 Å². The van der Waals surface area contributed by atoms with Crippen molar-refractivity contribution in [2.75, 3.05) is 11.9 Å². The zero-order valence-electron chi connectivity index (χ0n) is 11.7. The van der Waals surface area contributed by atoms with Crippen molar-refractivity contribution in [3.05, 3.63) is 36.2 Å². The van der Waals surface area contributed by atoms with E-state index < -0.39 is 5.97 Å². The third-order valence-electron chi connectivity index (χ3n) is 3.26. The number of hydrogen-bond donors (Lipinski definition) is 3. The fraction of sp³-hybridized carbons (Fsp3) is 0.267. The van der Waals surface area contributed by atoms with Crippen LogP contribution in [0.1, 0.15) is 23.2 Å². The van der Waals surface area contributed by atoms with E-state index in [-0.39, 0.29) is 22.9 Å². The lowest BCUT2D eigenvalue weighted by Crippen LogP contribution is -2.05. The van der Waals surface area contributed by atoms with Crippen LogP contribution >= 0.6 is 0 Å². The van der Waals surface area contributed by atoms with E-state index in [2.05, 4.69) is 15.3 Å². The van der Waals surface area contributed by atoms with Crippen molar-refractivity contribution in [1.29, 1.82) is 0 Å². The van der Waals surface area contributed by atoms with Gasteiger partial charge < -0.3 is 20.3 Å². The van der Waals surface area contributed by atoms with Crippen molar-refractivity contribution >= 4 is 11.8 Å². The van der Waals surface area contributed by atoms with Gasteiger partial charge in [-0.3, -0.25) is 0 Å². The number of aromatic hydroxyl groups is 1. The number of phenolic OH excluding ortho intramolecular Hbond substituents is 1. The second kappa shape index (κ2) is 5.88. The number of hydrogen-bond acceptors (Lipinski definition) is 6. The first-order valence-electron chi connectivity index (χ1n) is 6.91. The summed E-state index contributed by atoms with van der Waals surface area (Å²) >= 11 is 0. The topological polar surface area (TPSA) is 105 Å². The maximum atomic E-state index is 10.9. The lowest BCUT2D eigenvalue weighted by Gasteiger charge is -2.07. The normalized spacial score (nSPS) is 13.6. The van der Waals surface area contributed by atoms with Crippen molar-refractivity contribution in [2.45, 2.75) is 12.8 Å². The SMILES string of the molecule is O=C(O)c1cc(O)cc(Oc2cnc(NCC3CC3)cn2)c1. The van der Waals surface area contributed by atoms with E-state index >= 15 is 0 Å². The number of phenols is 1. The van der Waals surface area contributed by atoms with E-state index in [1.807, 2.05) is 0 Å². The fourth-order valence-corrected chi connectivity index (χ4v) is 1.92. The maximum Gasteiger partial charge on any atom is 0.335 e. The average molecular weight is 301 g/mol. The third kappa shape index (κ3) is 3.63. The Balaban J connectivity index is 1.68. The lowest BCUT2D eigenvalue weighted by molar-refractivity contribution is 0.0696. The summed E-state index contributed by atoms with van der Waals surface area (Å²) in [5.41, 5.74) is -0.0642. The van der Waals surface area contributed by atoms with Gasteiger partial charge in [-0.05, 0) is 30.9 Å². The minimum Gasteiger partial charge on any atom is -0.508 e. The van der Waals surface area contributed by atoms with Crippen molar-refractivity contribution < 1.29 is 19.7 Å². The Hall–Kier alpha value is -2.83. The van der Waals surface area contributed by atoms with Crippen LogP contribution in [0.25, 0.3) is 0 Å². The number of aromatic nitrogens is 2. The molecule has 22 heavy (non-hydrogen) atoms.